The number of nitrogens with two attached hydrogens (primary N) is 1. The summed E-state index contributed by atoms with van der Waals surface area (Å²) in [6, 6.07) is 10.3. The number of thioether (sulfide) groups is 1. The molecule has 3 rings (SSSR count). The molecule has 0 spiro atoms. The molecule has 0 unspecified atom stereocenters. The Labute approximate surface area is 124 Å². The van der Waals surface area contributed by atoms with Crippen LogP contribution in [0.5, 0.6) is 0 Å². The van der Waals surface area contributed by atoms with Crippen LogP contribution < -0.4 is 10.6 Å². The SMILES string of the molecule is Nc1ccc([C@@H]2SCC(=O)N2c2ccc(F)cc2F)cc1. The van der Waals surface area contributed by atoms with E-state index in [0.717, 1.165) is 17.7 Å². The van der Waals surface area contributed by atoms with Crippen molar-refractivity contribution >= 4 is 29.0 Å². The van der Waals surface area contributed by atoms with E-state index in [4.69, 9.17) is 5.73 Å². The summed E-state index contributed by atoms with van der Waals surface area (Å²) in [6.45, 7) is 0. The Kier molecular flexibility index (Phi) is 3.55. The van der Waals surface area contributed by atoms with Gasteiger partial charge < -0.3 is 5.73 Å². The van der Waals surface area contributed by atoms with Crippen molar-refractivity contribution < 1.29 is 13.6 Å². The van der Waals surface area contributed by atoms with Gasteiger partial charge in [-0.25, -0.2) is 8.78 Å². The van der Waals surface area contributed by atoms with Gasteiger partial charge in [0.2, 0.25) is 5.91 Å². The highest BCUT2D eigenvalue weighted by Gasteiger charge is 2.35. The molecule has 108 valence electrons. The molecule has 0 radical (unpaired) electrons. The van der Waals surface area contributed by atoms with Crippen LogP contribution in [0.4, 0.5) is 20.2 Å². The molecule has 0 aromatic heterocycles. The van der Waals surface area contributed by atoms with E-state index >= 15 is 0 Å². The van der Waals surface area contributed by atoms with Crippen LogP contribution in [-0.2, 0) is 4.79 Å². The van der Waals surface area contributed by atoms with E-state index < -0.39 is 11.6 Å². The number of hydrogen-bond donors (Lipinski definition) is 1. The summed E-state index contributed by atoms with van der Waals surface area (Å²) in [5.41, 5.74) is 7.21. The van der Waals surface area contributed by atoms with Crippen molar-refractivity contribution in [2.24, 2.45) is 0 Å². The number of amides is 1. The molecule has 0 bridgehead atoms. The Morgan fingerprint density at radius 1 is 1.14 bits per heavy atom. The first-order chi connectivity index (χ1) is 10.1. The molecule has 1 amide bonds. The molecule has 6 heteroatoms. The fourth-order valence-electron chi connectivity index (χ4n) is 2.27. The van der Waals surface area contributed by atoms with Gasteiger partial charge in [0.15, 0.2) is 0 Å². The Hall–Kier alpha value is -2.08. The summed E-state index contributed by atoms with van der Waals surface area (Å²) in [5, 5.41) is -0.335. The van der Waals surface area contributed by atoms with Gasteiger partial charge in [-0.3, -0.25) is 9.69 Å². The van der Waals surface area contributed by atoms with E-state index in [2.05, 4.69) is 0 Å². The summed E-state index contributed by atoms with van der Waals surface area (Å²) in [5.74, 6) is -1.36. The van der Waals surface area contributed by atoms with Crippen molar-refractivity contribution in [2.75, 3.05) is 16.4 Å². The van der Waals surface area contributed by atoms with Crippen LogP contribution in [0.25, 0.3) is 0 Å². The van der Waals surface area contributed by atoms with E-state index in [1.54, 1.807) is 24.3 Å². The van der Waals surface area contributed by atoms with E-state index in [-0.39, 0.29) is 22.7 Å². The number of nitrogens with zero attached hydrogens (tertiary/aromatic N) is 1. The third kappa shape index (κ3) is 2.58. The summed E-state index contributed by atoms with van der Waals surface area (Å²) < 4.78 is 27.0. The maximum Gasteiger partial charge on any atom is 0.238 e. The van der Waals surface area contributed by atoms with Gasteiger partial charge in [0.1, 0.15) is 17.0 Å². The molecule has 1 heterocycles. The van der Waals surface area contributed by atoms with Crippen molar-refractivity contribution in [3.05, 3.63) is 59.7 Å². The molecule has 1 aliphatic rings. The molecule has 0 saturated carbocycles. The maximum atomic E-state index is 14.0. The normalized spacial score (nSPS) is 18.3. The van der Waals surface area contributed by atoms with Gasteiger partial charge in [-0.1, -0.05) is 12.1 Å². The number of anilines is 2. The van der Waals surface area contributed by atoms with Gasteiger partial charge in [-0.2, -0.15) is 0 Å². The van der Waals surface area contributed by atoms with Crippen molar-refractivity contribution in [2.45, 2.75) is 5.37 Å². The molecule has 1 saturated heterocycles. The van der Waals surface area contributed by atoms with E-state index in [1.165, 1.54) is 22.7 Å². The van der Waals surface area contributed by atoms with Crippen LogP contribution in [0, 0.1) is 11.6 Å². The quantitative estimate of drug-likeness (QED) is 0.866. The Morgan fingerprint density at radius 3 is 2.52 bits per heavy atom. The number of benzene rings is 2. The molecule has 1 fully saturated rings. The standard InChI is InChI=1S/C15H12F2N2OS/c16-10-3-6-13(12(17)7-10)19-14(20)8-21-15(19)9-1-4-11(18)5-2-9/h1-7,15H,8,18H2/t15-/m0/s1. The highest BCUT2D eigenvalue weighted by Crippen LogP contribution is 2.42. The van der Waals surface area contributed by atoms with Crippen LogP contribution in [0.2, 0.25) is 0 Å². The number of nitrogen functional groups attached to an aromatic ring is 1. The van der Waals surface area contributed by atoms with Gasteiger partial charge in [-0.05, 0) is 29.8 Å². The van der Waals surface area contributed by atoms with Crippen LogP contribution >= 0.6 is 11.8 Å². The molecular weight excluding hydrogens is 294 g/mol. The molecule has 0 aliphatic carbocycles. The number of halogens is 2. The zero-order valence-corrected chi connectivity index (χ0v) is 11.7. The maximum absolute atomic E-state index is 14.0. The lowest BCUT2D eigenvalue weighted by atomic mass is 10.1. The Bertz CT molecular complexity index is 691. The second-order valence-corrected chi connectivity index (χ2v) is 5.76. The lowest BCUT2D eigenvalue weighted by Crippen LogP contribution is -2.28. The van der Waals surface area contributed by atoms with Crippen molar-refractivity contribution in [3.8, 4) is 0 Å². The van der Waals surface area contributed by atoms with Gasteiger partial charge in [0.25, 0.3) is 0 Å². The summed E-state index contributed by atoms with van der Waals surface area (Å²) in [6.07, 6.45) is 0. The van der Waals surface area contributed by atoms with Gasteiger partial charge in [-0.15, -0.1) is 11.8 Å². The van der Waals surface area contributed by atoms with Crippen LogP contribution in [0.3, 0.4) is 0 Å². The summed E-state index contributed by atoms with van der Waals surface area (Å²) in [4.78, 5) is 13.4. The second-order valence-electron chi connectivity index (χ2n) is 4.69. The van der Waals surface area contributed by atoms with Crippen molar-refractivity contribution in [1.29, 1.82) is 0 Å². The minimum atomic E-state index is -0.744. The lowest BCUT2D eigenvalue weighted by Gasteiger charge is -2.24. The van der Waals surface area contributed by atoms with Crippen molar-refractivity contribution in [3.63, 3.8) is 0 Å². The zero-order valence-electron chi connectivity index (χ0n) is 10.9. The fourth-order valence-corrected chi connectivity index (χ4v) is 3.44. The third-order valence-corrected chi connectivity index (χ3v) is 4.47. The third-order valence-electron chi connectivity index (χ3n) is 3.26. The average molecular weight is 306 g/mol. The largest absolute Gasteiger partial charge is 0.399 e. The first-order valence-corrected chi connectivity index (χ1v) is 7.35. The summed E-state index contributed by atoms with van der Waals surface area (Å²) >= 11 is 1.40. The number of carbonyl (C=O) groups excluding carboxylic acids is 1. The smallest absolute Gasteiger partial charge is 0.238 e. The van der Waals surface area contributed by atoms with Crippen molar-refractivity contribution in [1.82, 2.24) is 0 Å². The number of hydrogen-bond acceptors (Lipinski definition) is 3. The van der Waals surface area contributed by atoms with E-state index in [9.17, 15) is 13.6 Å². The molecule has 2 N–H and O–H groups in total. The van der Waals surface area contributed by atoms with E-state index in [1.807, 2.05) is 0 Å². The van der Waals surface area contributed by atoms with Crippen LogP contribution in [-0.4, -0.2) is 11.7 Å². The molecular formula is C15H12F2N2OS. The molecule has 21 heavy (non-hydrogen) atoms. The lowest BCUT2D eigenvalue weighted by molar-refractivity contribution is -0.115. The monoisotopic (exact) mass is 306 g/mol. The molecule has 1 atom stereocenters. The molecule has 3 nitrogen and oxygen atoms in total. The van der Waals surface area contributed by atoms with Gasteiger partial charge >= 0.3 is 0 Å². The fraction of sp³-hybridized carbons (Fsp3) is 0.133. The average Bonchev–Trinajstić information content (AvgIpc) is 2.82. The molecule has 2 aromatic rings. The predicted molar refractivity (Wildman–Crippen MR) is 79.9 cm³/mol. The molecule has 2 aromatic carbocycles. The van der Waals surface area contributed by atoms with E-state index in [0.29, 0.717) is 5.69 Å². The summed E-state index contributed by atoms with van der Waals surface area (Å²) in [7, 11) is 0. The topological polar surface area (TPSA) is 46.3 Å². The highest BCUT2D eigenvalue weighted by atomic mass is 32.2. The Morgan fingerprint density at radius 2 is 1.86 bits per heavy atom. The Balaban J connectivity index is 2.01. The van der Waals surface area contributed by atoms with Crippen LogP contribution in [0.15, 0.2) is 42.5 Å². The minimum Gasteiger partial charge on any atom is -0.399 e. The number of rotatable bonds is 2. The number of carbonyl (C=O) groups is 1. The second kappa shape index (κ2) is 5.37. The highest BCUT2D eigenvalue weighted by molar-refractivity contribution is 8.00. The predicted octanol–water partition coefficient (Wildman–Crippen LogP) is 3.33. The first kappa shape index (κ1) is 13.9. The van der Waals surface area contributed by atoms with Crippen LogP contribution in [0.1, 0.15) is 10.9 Å². The van der Waals surface area contributed by atoms with Gasteiger partial charge in [0.05, 0.1) is 11.4 Å². The first-order valence-electron chi connectivity index (χ1n) is 6.30. The molecule has 1 aliphatic heterocycles. The minimum absolute atomic E-state index is 0.0909. The zero-order chi connectivity index (χ0) is 15.0. The van der Waals surface area contributed by atoms with Gasteiger partial charge in [0, 0.05) is 11.8 Å².